The Bertz CT molecular complexity index is 129. The molecule has 1 N–H and O–H groups in total. The Labute approximate surface area is 82.6 Å². The van der Waals surface area contributed by atoms with E-state index in [2.05, 4.69) is 6.26 Å². The lowest BCUT2D eigenvalue weighted by Crippen LogP contribution is -2.11. The predicted molar refractivity (Wildman–Crippen MR) is 52.3 cm³/mol. The maximum Gasteiger partial charge on any atom is 0.329 e. The van der Waals surface area contributed by atoms with Crippen molar-refractivity contribution in [3.63, 3.8) is 0 Å². The van der Waals surface area contributed by atoms with Gasteiger partial charge in [-0.3, -0.25) is 0 Å². The molecule has 0 aliphatic heterocycles. The van der Waals surface area contributed by atoms with Gasteiger partial charge in [0.05, 0.1) is 13.2 Å². The van der Waals surface area contributed by atoms with Crippen LogP contribution in [0.5, 0.6) is 0 Å². The number of rotatable bonds is 9. The lowest BCUT2D eigenvalue weighted by molar-refractivity contribution is -0.142. The van der Waals surface area contributed by atoms with E-state index in [1.54, 1.807) is 11.8 Å². The van der Waals surface area contributed by atoms with Crippen LogP contribution in [0.4, 0.5) is 0 Å². The molecule has 78 valence electrons. The number of thioether (sulfide) groups is 1. The zero-order chi connectivity index (χ0) is 9.94. The molecule has 0 atom stereocenters. The average Bonchev–Trinajstić information content (AvgIpc) is 2.09. The topological polar surface area (TPSA) is 55.8 Å². The molecular formula is C8H16O4S. The lowest BCUT2D eigenvalue weighted by atomic mass is 10.5. The Balaban J connectivity index is 2.87. The Morgan fingerprint density at radius 2 is 2.00 bits per heavy atom. The van der Waals surface area contributed by atoms with Crippen LogP contribution in [0.25, 0.3) is 0 Å². The Hall–Kier alpha value is -0.260. The monoisotopic (exact) mass is 208 g/mol. The van der Waals surface area contributed by atoms with E-state index in [-0.39, 0.29) is 6.61 Å². The largest absolute Gasteiger partial charge is 0.480 e. The van der Waals surface area contributed by atoms with Crippen molar-refractivity contribution in [3.8, 4) is 0 Å². The minimum atomic E-state index is -0.942. The van der Waals surface area contributed by atoms with Gasteiger partial charge in [-0.05, 0) is 18.4 Å². The van der Waals surface area contributed by atoms with Crippen molar-refractivity contribution < 1.29 is 19.4 Å². The van der Waals surface area contributed by atoms with Crippen molar-refractivity contribution in [3.05, 3.63) is 0 Å². The van der Waals surface area contributed by atoms with Crippen LogP contribution >= 0.6 is 11.8 Å². The summed E-state index contributed by atoms with van der Waals surface area (Å²) < 4.78 is 9.96. The van der Waals surface area contributed by atoms with Crippen LogP contribution in [0.2, 0.25) is 0 Å². The summed E-state index contributed by atoms with van der Waals surface area (Å²) in [4.78, 5) is 10.0. The van der Waals surface area contributed by atoms with Gasteiger partial charge in [-0.1, -0.05) is 0 Å². The molecule has 0 saturated heterocycles. The van der Waals surface area contributed by atoms with E-state index in [0.29, 0.717) is 13.2 Å². The smallest absolute Gasteiger partial charge is 0.329 e. The molecule has 0 aromatic rings. The summed E-state index contributed by atoms with van der Waals surface area (Å²) in [6, 6.07) is 0. The summed E-state index contributed by atoms with van der Waals surface area (Å²) in [5.41, 5.74) is 0. The third kappa shape index (κ3) is 11.7. The maximum atomic E-state index is 10.0. The van der Waals surface area contributed by atoms with Crippen LogP contribution < -0.4 is 0 Å². The summed E-state index contributed by atoms with van der Waals surface area (Å²) in [5, 5.41) is 8.22. The Morgan fingerprint density at radius 1 is 1.31 bits per heavy atom. The van der Waals surface area contributed by atoms with Crippen molar-refractivity contribution in [2.24, 2.45) is 0 Å². The molecule has 0 bridgehead atoms. The zero-order valence-electron chi connectivity index (χ0n) is 7.82. The fraction of sp³-hybridized carbons (Fsp3) is 0.875. The first kappa shape index (κ1) is 12.7. The van der Waals surface area contributed by atoms with Gasteiger partial charge in [0.1, 0.15) is 6.61 Å². The standard InChI is InChI=1S/C8H16O4S/c1-13-6-2-3-11-4-5-12-7-8(9)10/h2-7H2,1H3,(H,9,10). The highest BCUT2D eigenvalue weighted by molar-refractivity contribution is 7.98. The number of ether oxygens (including phenoxy) is 2. The number of aliphatic carboxylic acids is 1. The van der Waals surface area contributed by atoms with Gasteiger partial charge in [-0.25, -0.2) is 4.79 Å². The van der Waals surface area contributed by atoms with Gasteiger partial charge in [-0.2, -0.15) is 11.8 Å². The molecular weight excluding hydrogens is 192 g/mol. The Morgan fingerprint density at radius 3 is 2.62 bits per heavy atom. The fourth-order valence-corrected chi connectivity index (χ4v) is 1.09. The number of hydrogen-bond acceptors (Lipinski definition) is 4. The number of carboxylic acids is 1. The molecule has 0 aliphatic carbocycles. The van der Waals surface area contributed by atoms with Crippen LogP contribution in [0.3, 0.4) is 0 Å². The predicted octanol–water partition coefficient (Wildman–Crippen LogP) is 0.857. The van der Waals surface area contributed by atoms with E-state index in [1.807, 2.05) is 0 Å². The second-order valence-electron chi connectivity index (χ2n) is 2.41. The highest BCUT2D eigenvalue weighted by atomic mass is 32.2. The summed E-state index contributed by atoms with van der Waals surface area (Å²) in [6.07, 6.45) is 3.08. The van der Waals surface area contributed by atoms with E-state index in [1.165, 1.54) is 0 Å². The van der Waals surface area contributed by atoms with Gasteiger partial charge >= 0.3 is 5.97 Å². The number of carboxylic acid groups (broad SMARTS) is 1. The molecule has 0 fully saturated rings. The van der Waals surface area contributed by atoms with E-state index in [9.17, 15) is 4.79 Å². The van der Waals surface area contributed by atoms with Crippen molar-refractivity contribution in [2.45, 2.75) is 6.42 Å². The SMILES string of the molecule is CSCCCOCCOCC(=O)O. The highest BCUT2D eigenvalue weighted by Crippen LogP contribution is 1.95. The van der Waals surface area contributed by atoms with Crippen LogP contribution in [0, 0.1) is 0 Å². The van der Waals surface area contributed by atoms with E-state index in [4.69, 9.17) is 14.6 Å². The third-order valence-electron chi connectivity index (χ3n) is 1.23. The molecule has 0 unspecified atom stereocenters. The molecule has 0 aromatic heterocycles. The third-order valence-corrected chi connectivity index (χ3v) is 1.93. The van der Waals surface area contributed by atoms with E-state index < -0.39 is 5.97 Å². The maximum absolute atomic E-state index is 10.0. The van der Waals surface area contributed by atoms with E-state index >= 15 is 0 Å². The first-order valence-corrected chi connectivity index (χ1v) is 5.53. The van der Waals surface area contributed by atoms with Gasteiger partial charge in [0.2, 0.25) is 0 Å². The zero-order valence-corrected chi connectivity index (χ0v) is 8.64. The van der Waals surface area contributed by atoms with Crippen LogP contribution in [0.15, 0.2) is 0 Å². The first-order valence-electron chi connectivity index (χ1n) is 4.13. The summed E-state index contributed by atoms with van der Waals surface area (Å²) >= 11 is 1.78. The molecule has 0 saturated carbocycles. The second-order valence-corrected chi connectivity index (χ2v) is 3.39. The summed E-state index contributed by atoms with van der Waals surface area (Å²) in [6.45, 7) is 1.30. The molecule has 5 heteroatoms. The average molecular weight is 208 g/mol. The second kappa shape index (κ2) is 9.83. The lowest BCUT2D eigenvalue weighted by Gasteiger charge is -2.03. The minimum Gasteiger partial charge on any atom is -0.480 e. The van der Waals surface area contributed by atoms with E-state index in [0.717, 1.165) is 18.8 Å². The molecule has 0 aromatic carbocycles. The van der Waals surface area contributed by atoms with Crippen molar-refractivity contribution >= 4 is 17.7 Å². The number of carbonyl (C=O) groups is 1. The molecule has 0 heterocycles. The fourth-order valence-electron chi connectivity index (χ4n) is 0.685. The van der Waals surface area contributed by atoms with Crippen molar-refractivity contribution in [1.29, 1.82) is 0 Å². The molecule has 0 radical (unpaired) electrons. The van der Waals surface area contributed by atoms with Crippen molar-refractivity contribution in [1.82, 2.24) is 0 Å². The molecule has 13 heavy (non-hydrogen) atoms. The van der Waals surface area contributed by atoms with Gasteiger partial charge < -0.3 is 14.6 Å². The van der Waals surface area contributed by atoms with Crippen LogP contribution in [0.1, 0.15) is 6.42 Å². The van der Waals surface area contributed by atoms with Gasteiger partial charge in [0, 0.05) is 6.61 Å². The van der Waals surface area contributed by atoms with Crippen LogP contribution in [-0.4, -0.2) is 49.5 Å². The minimum absolute atomic E-state index is 0.242. The van der Waals surface area contributed by atoms with Crippen molar-refractivity contribution in [2.75, 3.05) is 38.4 Å². The molecule has 0 amide bonds. The first-order chi connectivity index (χ1) is 6.27. The molecule has 0 spiro atoms. The van der Waals surface area contributed by atoms with Gasteiger partial charge in [0.25, 0.3) is 0 Å². The van der Waals surface area contributed by atoms with Gasteiger partial charge in [-0.15, -0.1) is 0 Å². The van der Waals surface area contributed by atoms with Crippen LogP contribution in [-0.2, 0) is 14.3 Å². The normalized spacial score (nSPS) is 10.2. The quantitative estimate of drug-likeness (QED) is 0.569. The number of hydrogen-bond donors (Lipinski definition) is 1. The summed E-state index contributed by atoms with van der Waals surface area (Å²) in [5.74, 6) is 0.151. The highest BCUT2D eigenvalue weighted by Gasteiger charge is 1.95. The Kier molecular flexibility index (Phi) is 9.63. The summed E-state index contributed by atoms with van der Waals surface area (Å²) in [7, 11) is 0. The van der Waals surface area contributed by atoms with Gasteiger partial charge in [0.15, 0.2) is 0 Å². The molecule has 0 aliphatic rings. The molecule has 4 nitrogen and oxygen atoms in total. The molecule has 0 rings (SSSR count).